The summed E-state index contributed by atoms with van der Waals surface area (Å²) in [5.74, 6) is -0.00739. The van der Waals surface area contributed by atoms with Gasteiger partial charge in [-0.15, -0.1) is 0 Å². The van der Waals surface area contributed by atoms with Crippen molar-refractivity contribution in [3.05, 3.63) is 111 Å². The lowest BCUT2D eigenvalue weighted by Gasteiger charge is -2.14. The van der Waals surface area contributed by atoms with Crippen molar-refractivity contribution in [1.82, 2.24) is 14.7 Å². The Hall–Kier alpha value is -4.28. The van der Waals surface area contributed by atoms with Gasteiger partial charge in [0.2, 0.25) is 0 Å². The monoisotopic (exact) mass is 542 g/mol. The third-order valence-electron chi connectivity index (χ3n) is 5.84. The normalized spacial score (nSPS) is 14.3. The van der Waals surface area contributed by atoms with Gasteiger partial charge in [0.05, 0.1) is 28.7 Å². The molecule has 1 amide bonds. The highest BCUT2D eigenvalue weighted by molar-refractivity contribution is 8.26. The summed E-state index contributed by atoms with van der Waals surface area (Å²) in [5, 5.41) is 16.5. The van der Waals surface area contributed by atoms with Gasteiger partial charge < -0.3 is 4.74 Å². The van der Waals surface area contributed by atoms with Gasteiger partial charge >= 0.3 is 5.69 Å². The van der Waals surface area contributed by atoms with E-state index in [2.05, 4.69) is 0 Å². The van der Waals surface area contributed by atoms with Crippen LogP contribution < -0.4 is 4.74 Å². The van der Waals surface area contributed by atoms with Gasteiger partial charge in [0.1, 0.15) is 10.0 Å². The Labute approximate surface area is 228 Å². The topological polar surface area (TPSA) is 90.5 Å². The number of hydrogen-bond acceptors (Lipinski definition) is 7. The molecule has 4 aromatic rings. The van der Waals surface area contributed by atoms with Crippen LogP contribution in [0.4, 0.5) is 5.69 Å². The predicted octanol–water partition coefficient (Wildman–Crippen LogP) is 6.25. The molecule has 10 heteroatoms. The van der Waals surface area contributed by atoms with Crippen molar-refractivity contribution in [3.8, 4) is 22.7 Å². The van der Waals surface area contributed by atoms with E-state index in [0.29, 0.717) is 39.2 Å². The van der Waals surface area contributed by atoms with Crippen LogP contribution in [-0.4, -0.2) is 36.4 Å². The number of carbonyl (C=O) groups is 1. The Balaban J connectivity index is 1.57. The molecule has 0 bridgehead atoms. The average Bonchev–Trinajstić information content (AvgIpc) is 3.46. The molecule has 190 valence electrons. The van der Waals surface area contributed by atoms with Gasteiger partial charge in [0.15, 0.2) is 5.75 Å². The van der Waals surface area contributed by atoms with Crippen molar-refractivity contribution in [2.24, 2.45) is 0 Å². The van der Waals surface area contributed by atoms with Crippen molar-refractivity contribution in [1.29, 1.82) is 0 Å². The molecule has 8 nitrogen and oxygen atoms in total. The van der Waals surface area contributed by atoms with Gasteiger partial charge in [0.25, 0.3) is 5.91 Å². The van der Waals surface area contributed by atoms with E-state index in [-0.39, 0.29) is 17.3 Å². The Kier molecular flexibility index (Phi) is 7.34. The molecule has 0 unspecified atom stereocenters. The van der Waals surface area contributed by atoms with Crippen LogP contribution in [0.25, 0.3) is 23.0 Å². The van der Waals surface area contributed by atoms with E-state index in [0.717, 1.165) is 11.3 Å². The lowest BCUT2D eigenvalue weighted by Crippen LogP contribution is -2.27. The first-order valence-corrected chi connectivity index (χ1v) is 13.0. The molecule has 2 heterocycles. The molecule has 0 atom stereocenters. The number of thiocarbonyl (C=S) groups is 1. The lowest BCUT2D eigenvalue weighted by molar-refractivity contribution is -0.385. The lowest BCUT2D eigenvalue weighted by atomic mass is 10.1. The van der Waals surface area contributed by atoms with Crippen LogP contribution in [0.2, 0.25) is 0 Å². The minimum absolute atomic E-state index is 0.154. The molecule has 0 spiro atoms. The molecule has 3 aromatic carbocycles. The quantitative estimate of drug-likeness (QED) is 0.113. The summed E-state index contributed by atoms with van der Waals surface area (Å²) >= 11 is 6.75. The third kappa shape index (κ3) is 5.22. The second-order valence-electron chi connectivity index (χ2n) is 8.34. The first-order valence-electron chi connectivity index (χ1n) is 11.8. The smallest absolute Gasteiger partial charge is 0.311 e. The van der Waals surface area contributed by atoms with E-state index in [1.54, 1.807) is 40.9 Å². The van der Waals surface area contributed by atoms with Gasteiger partial charge in [-0.25, -0.2) is 4.68 Å². The number of rotatable bonds is 8. The molecule has 1 saturated heterocycles. The van der Waals surface area contributed by atoms with Gasteiger partial charge in [-0.3, -0.25) is 19.8 Å². The first-order chi connectivity index (χ1) is 18.4. The summed E-state index contributed by atoms with van der Waals surface area (Å²) in [6.07, 6.45) is 3.55. The maximum atomic E-state index is 13.3. The molecule has 38 heavy (non-hydrogen) atoms. The molecule has 0 saturated carbocycles. The SMILES string of the molecule is CCOc1ccc(-c2nn(-c3ccccc3)cc2C=C2SC(=S)N(Cc3ccccc3)C2=O)cc1[N+](=O)[O-]. The zero-order valence-electron chi connectivity index (χ0n) is 20.3. The van der Waals surface area contributed by atoms with Gasteiger partial charge in [-0.1, -0.05) is 72.5 Å². The summed E-state index contributed by atoms with van der Waals surface area (Å²) in [4.78, 5) is 26.6. The zero-order chi connectivity index (χ0) is 26.6. The molecular weight excluding hydrogens is 520 g/mol. The predicted molar refractivity (Wildman–Crippen MR) is 152 cm³/mol. The third-order valence-corrected chi connectivity index (χ3v) is 7.21. The van der Waals surface area contributed by atoms with Gasteiger partial charge in [0, 0.05) is 23.4 Å². The Bertz CT molecular complexity index is 1550. The van der Waals surface area contributed by atoms with Crippen molar-refractivity contribution in [2.45, 2.75) is 13.5 Å². The minimum Gasteiger partial charge on any atom is -0.487 e. The van der Waals surface area contributed by atoms with Crippen LogP contribution in [0, 0.1) is 10.1 Å². The number of nitro groups is 1. The van der Waals surface area contributed by atoms with Crippen LogP contribution in [0.15, 0.2) is 90.0 Å². The molecule has 1 aliphatic heterocycles. The first kappa shape index (κ1) is 25.4. The number of benzene rings is 3. The van der Waals surface area contributed by atoms with Crippen LogP contribution in [-0.2, 0) is 11.3 Å². The number of hydrogen-bond donors (Lipinski definition) is 0. The molecule has 1 aromatic heterocycles. The van der Waals surface area contributed by atoms with E-state index in [9.17, 15) is 14.9 Å². The van der Waals surface area contributed by atoms with E-state index < -0.39 is 4.92 Å². The molecule has 5 rings (SSSR count). The summed E-state index contributed by atoms with van der Waals surface area (Å²) in [5.41, 5.74) is 3.29. The summed E-state index contributed by atoms with van der Waals surface area (Å²) < 4.78 is 7.60. The summed E-state index contributed by atoms with van der Waals surface area (Å²) in [7, 11) is 0. The number of carbonyl (C=O) groups excluding carboxylic acids is 1. The van der Waals surface area contributed by atoms with Crippen LogP contribution >= 0.6 is 24.0 Å². The van der Waals surface area contributed by atoms with E-state index in [1.165, 1.54) is 17.8 Å². The average molecular weight is 543 g/mol. The molecular formula is C28H22N4O4S2. The maximum Gasteiger partial charge on any atom is 0.311 e. The summed E-state index contributed by atoms with van der Waals surface area (Å²) in [6.45, 7) is 2.45. The highest BCUT2D eigenvalue weighted by atomic mass is 32.2. The Morgan fingerprint density at radius 2 is 1.79 bits per heavy atom. The van der Waals surface area contributed by atoms with Crippen LogP contribution in [0.5, 0.6) is 5.75 Å². The molecule has 1 aliphatic rings. The number of thioether (sulfide) groups is 1. The molecule has 0 aliphatic carbocycles. The number of aromatic nitrogens is 2. The highest BCUT2D eigenvalue weighted by Gasteiger charge is 2.32. The largest absolute Gasteiger partial charge is 0.487 e. The van der Waals surface area contributed by atoms with E-state index in [4.69, 9.17) is 22.1 Å². The fourth-order valence-corrected chi connectivity index (χ4v) is 5.30. The Morgan fingerprint density at radius 3 is 2.47 bits per heavy atom. The second kappa shape index (κ2) is 11.0. The fraction of sp³-hybridized carbons (Fsp3) is 0.107. The minimum atomic E-state index is -0.475. The van der Waals surface area contributed by atoms with Crippen LogP contribution in [0.3, 0.4) is 0 Å². The van der Waals surface area contributed by atoms with Crippen molar-refractivity contribution in [3.63, 3.8) is 0 Å². The van der Waals surface area contributed by atoms with Gasteiger partial charge in [-0.2, -0.15) is 5.10 Å². The number of para-hydroxylation sites is 1. The van der Waals surface area contributed by atoms with Gasteiger partial charge in [-0.05, 0) is 42.8 Å². The van der Waals surface area contributed by atoms with E-state index in [1.807, 2.05) is 60.7 Å². The number of amides is 1. The van der Waals surface area contributed by atoms with Crippen molar-refractivity contribution in [2.75, 3.05) is 6.61 Å². The number of nitro benzene ring substituents is 1. The van der Waals surface area contributed by atoms with E-state index >= 15 is 0 Å². The number of nitrogens with zero attached hydrogens (tertiary/aromatic N) is 4. The zero-order valence-corrected chi connectivity index (χ0v) is 21.9. The second-order valence-corrected chi connectivity index (χ2v) is 10.0. The maximum absolute atomic E-state index is 13.3. The highest BCUT2D eigenvalue weighted by Crippen LogP contribution is 2.37. The summed E-state index contributed by atoms with van der Waals surface area (Å²) in [6, 6.07) is 23.9. The van der Waals surface area contributed by atoms with Crippen molar-refractivity contribution < 1.29 is 14.5 Å². The molecule has 1 fully saturated rings. The van der Waals surface area contributed by atoms with Crippen LogP contribution in [0.1, 0.15) is 18.1 Å². The number of ether oxygens (including phenoxy) is 1. The van der Waals surface area contributed by atoms with Crippen molar-refractivity contribution >= 4 is 46.0 Å². The molecule has 0 N–H and O–H groups in total. The molecule has 0 radical (unpaired) electrons. The Morgan fingerprint density at radius 1 is 1.08 bits per heavy atom. The fourth-order valence-electron chi connectivity index (χ4n) is 4.06. The standard InChI is InChI=1S/C28H22N4O4S2/c1-2-36-24-14-13-20(15-23(24)32(34)35)26-21(18-31(29-26)22-11-7-4-8-12-22)16-25-27(33)30(28(37)38-25)17-19-9-5-3-6-10-19/h3-16,18H,2,17H2,1H3.